The molecule has 1 aliphatic heterocycles. The molecule has 0 spiro atoms. The molecule has 2 aromatic rings. The molecular formula is C22H27BrN4O2. The van der Waals surface area contributed by atoms with Crippen LogP contribution in [0.2, 0.25) is 0 Å². The normalized spacial score (nSPS) is 16.2. The number of rotatable bonds is 7. The Morgan fingerprint density at radius 2 is 1.66 bits per heavy atom. The summed E-state index contributed by atoms with van der Waals surface area (Å²) in [6.45, 7) is 5.94. The fourth-order valence-corrected chi connectivity index (χ4v) is 3.57. The van der Waals surface area contributed by atoms with Crippen LogP contribution in [0.4, 0.5) is 5.69 Å². The molecule has 29 heavy (non-hydrogen) atoms. The Hall–Kier alpha value is -2.22. The highest BCUT2D eigenvalue weighted by molar-refractivity contribution is 9.10. The minimum Gasteiger partial charge on any atom is -0.351 e. The number of carbonyl (C=O) groups is 2. The van der Waals surface area contributed by atoms with Crippen LogP contribution in [-0.4, -0.2) is 60.4 Å². The second kappa shape index (κ2) is 10.5. The Morgan fingerprint density at radius 1 is 1.00 bits per heavy atom. The van der Waals surface area contributed by atoms with Crippen LogP contribution in [0.25, 0.3) is 0 Å². The van der Waals surface area contributed by atoms with Gasteiger partial charge in [-0.15, -0.1) is 0 Å². The molecule has 2 aromatic carbocycles. The maximum atomic E-state index is 12.5. The number of nitrogens with zero attached hydrogens (tertiary/aromatic N) is 2. The lowest BCUT2D eigenvalue weighted by molar-refractivity contribution is -0.124. The topological polar surface area (TPSA) is 64.7 Å². The number of amides is 2. The van der Waals surface area contributed by atoms with Crippen molar-refractivity contribution < 1.29 is 9.59 Å². The van der Waals surface area contributed by atoms with Gasteiger partial charge >= 0.3 is 0 Å². The third-order valence-corrected chi connectivity index (χ3v) is 5.67. The number of piperazine rings is 1. The number of anilines is 1. The largest absolute Gasteiger partial charge is 0.351 e. The van der Waals surface area contributed by atoms with Crippen LogP contribution in [0, 0.1) is 0 Å². The fourth-order valence-electron chi connectivity index (χ4n) is 3.31. The van der Waals surface area contributed by atoms with Crippen LogP contribution < -0.4 is 10.6 Å². The summed E-state index contributed by atoms with van der Waals surface area (Å²) in [7, 11) is 0. The molecule has 1 fully saturated rings. The molecule has 1 atom stereocenters. The Morgan fingerprint density at radius 3 is 2.31 bits per heavy atom. The quantitative estimate of drug-likeness (QED) is 0.669. The lowest BCUT2D eigenvalue weighted by Crippen LogP contribution is -2.54. The number of halogens is 1. The van der Waals surface area contributed by atoms with Crippen LogP contribution in [0.3, 0.4) is 0 Å². The van der Waals surface area contributed by atoms with Crippen molar-refractivity contribution in [1.82, 2.24) is 15.1 Å². The molecule has 0 aromatic heterocycles. The van der Waals surface area contributed by atoms with Gasteiger partial charge in [0, 0.05) is 42.9 Å². The van der Waals surface area contributed by atoms with Crippen LogP contribution in [0.1, 0.15) is 12.5 Å². The van der Waals surface area contributed by atoms with Gasteiger partial charge in [0.25, 0.3) is 0 Å². The van der Waals surface area contributed by atoms with Crippen molar-refractivity contribution in [2.24, 2.45) is 0 Å². The van der Waals surface area contributed by atoms with Gasteiger partial charge in [-0.3, -0.25) is 19.4 Å². The predicted octanol–water partition coefficient (Wildman–Crippen LogP) is 2.71. The van der Waals surface area contributed by atoms with E-state index in [1.54, 1.807) is 0 Å². The summed E-state index contributed by atoms with van der Waals surface area (Å²) >= 11 is 3.39. The van der Waals surface area contributed by atoms with Crippen molar-refractivity contribution in [3.8, 4) is 0 Å². The van der Waals surface area contributed by atoms with Gasteiger partial charge in [-0.2, -0.15) is 0 Å². The van der Waals surface area contributed by atoms with Gasteiger partial charge < -0.3 is 10.6 Å². The zero-order valence-corrected chi connectivity index (χ0v) is 18.2. The van der Waals surface area contributed by atoms with Gasteiger partial charge in [0.05, 0.1) is 12.6 Å². The van der Waals surface area contributed by atoms with Gasteiger partial charge in [-0.05, 0) is 36.8 Å². The first-order valence-electron chi connectivity index (χ1n) is 9.85. The molecule has 0 saturated carbocycles. The monoisotopic (exact) mass is 458 g/mol. The third kappa shape index (κ3) is 6.66. The van der Waals surface area contributed by atoms with E-state index in [4.69, 9.17) is 0 Å². The average Bonchev–Trinajstić information content (AvgIpc) is 2.74. The summed E-state index contributed by atoms with van der Waals surface area (Å²) in [6.07, 6.45) is 0. The van der Waals surface area contributed by atoms with Crippen molar-refractivity contribution in [1.29, 1.82) is 0 Å². The minimum absolute atomic E-state index is 0.0126. The molecule has 1 heterocycles. The first kappa shape index (κ1) is 21.5. The Balaban J connectivity index is 1.39. The summed E-state index contributed by atoms with van der Waals surface area (Å²) in [5.41, 5.74) is 1.88. The minimum atomic E-state index is -0.215. The standard InChI is InChI=1S/C22H27BrN4O2/c1-17(22(29)25-20-9-7-19(23)8-10-20)27-13-11-26(12-14-27)16-21(28)24-15-18-5-3-2-4-6-18/h2-10,17H,11-16H2,1H3,(H,24,28)(H,25,29). The van der Waals surface area contributed by atoms with E-state index in [9.17, 15) is 9.59 Å². The van der Waals surface area contributed by atoms with E-state index < -0.39 is 0 Å². The van der Waals surface area contributed by atoms with Gasteiger partial charge in [0.15, 0.2) is 0 Å². The molecule has 154 valence electrons. The first-order chi connectivity index (χ1) is 14.0. The molecule has 1 saturated heterocycles. The van der Waals surface area contributed by atoms with E-state index in [0.717, 1.165) is 41.9 Å². The molecule has 0 radical (unpaired) electrons. The smallest absolute Gasteiger partial charge is 0.241 e. The summed E-state index contributed by atoms with van der Waals surface area (Å²) in [5.74, 6) is 0.0182. The first-order valence-corrected chi connectivity index (χ1v) is 10.6. The predicted molar refractivity (Wildman–Crippen MR) is 119 cm³/mol. The summed E-state index contributed by atoms with van der Waals surface area (Å²) < 4.78 is 0.979. The van der Waals surface area contributed by atoms with E-state index in [0.29, 0.717) is 13.1 Å². The summed E-state index contributed by atoms with van der Waals surface area (Å²) in [4.78, 5) is 29.0. The van der Waals surface area contributed by atoms with E-state index in [1.807, 2.05) is 61.5 Å². The maximum absolute atomic E-state index is 12.5. The summed E-state index contributed by atoms with van der Waals surface area (Å²) in [5, 5.41) is 5.93. The van der Waals surface area contributed by atoms with Crippen LogP contribution in [0.5, 0.6) is 0 Å². The molecule has 0 bridgehead atoms. The van der Waals surface area contributed by atoms with Crippen molar-refractivity contribution >= 4 is 33.4 Å². The number of hydrogen-bond donors (Lipinski definition) is 2. The van der Waals surface area contributed by atoms with Crippen LogP contribution >= 0.6 is 15.9 Å². The third-order valence-electron chi connectivity index (χ3n) is 5.15. The zero-order valence-electron chi connectivity index (χ0n) is 16.6. The maximum Gasteiger partial charge on any atom is 0.241 e. The Bertz CT molecular complexity index is 805. The molecule has 0 aliphatic carbocycles. The molecule has 1 aliphatic rings. The van der Waals surface area contributed by atoms with Crippen molar-refractivity contribution in [3.63, 3.8) is 0 Å². The molecule has 6 nitrogen and oxygen atoms in total. The fraction of sp³-hybridized carbons (Fsp3) is 0.364. The van der Waals surface area contributed by atoms with Crippen molar-refractivity contribution in [2.45, 2.75) is 19.5 Å². The number of carbonyl (C=O) groups excluding carboxylic acids is 2. The van der Waals surface area contributed by atoms with Gasteiger partial charge in [-0.1, -0.05) is 46.3 Å². The summed E-state index contributed by atoms with van der Waals surface area (Å²) in [6, 6.07) is 17.2. The zero-order chi connectivity index (χ0) is 20.6. The molecule has 2 N–H and O–H groups in total. The van der Waals surface area contributed by atoms with Crippen LogP contribution in [0.15, 0.2) is 59.1 Å². The van der Waals surface area contributed by atoms with Crippen molar-refractivity contribution in [2.75, 3.05) is 38.0 Å². The van der Waals surface area contributed by atoms with E-state index >= 15 is 0 Å². The Labute approximate surface area is 180 Å². The van der Waals surface area contributed by atoms with E-state index in [1.165, 1.54) is 0 Å². The number of benzene rings is 2. The lowest BCUT2D eigenvalue weighted by atomic mass is 10.2. The number of hydrogen-bond acceptors (Lipinski definition) is 4. The van der Waals surface area contributed by atoms with Gasteiger partial charge in [0.2, 0.25) is 11.8 Å². The average molecular weight is 459 g/mol. The van der Waals surface area contributed by atoms with Crippen molar-refractivity contribution in [3.05, 3.63) is 64.6 Å². The highest BCUT2D eigenvalue weighted by Crippen LogP contribution is 2.15. The lowest BCUT2D eigenvalue weighted by Gasteiger charge is -2.37. The SMILES string of the molecule is CC(C(=O)Nc1ccc(Br)cc1)N1CCN(CC(=O)NCc2ccccc2)CC1. The molecular weight excluding hydrogens is 432 g/mol. The van der Waals surface area contributed by atoms with E-state index in [-0.39, 0.29) is 17.9 Å². The highest BCUT2D eigenvalue weighted by atomic mass is 79.9. The van der Waals surface area contributed by atoms with Gasteiger partial charge in [-0.25, -0.2) is 0 Å². The molecule has 1 unspecified atom stereocenters. The van der Waals surface area contributed by atoms with Crippen LogP contribution in [-0.2, 0) is 16.1 Å². The Kier molecular flexibility index (Phi) is 7.80. The molecule has 2 amide bonds. The number of nitrogens with one attached hydrogen (secondary N) is 2. The van der Waals surface area contributed by atoms with E-state index in [2.05, 4.69) is 36.4 Å². The highest BCUT2D eigenvalue weighted by Gasteiger charge is 2.26. The molecule has 3 rings (SSSR count). The second-order valence-corrected chi connectivity index (χ2v) is 8.16. The van der Waals surface area contributed by atoms with Gasteiger partial charge in [0.1, 0.15) is 0 Å². The molecule has 7 heteroatoms. The second-order valence-electron chi connectivity index (χ2n) is 7.25.